The lowest BCUT2D eigenvalue weighted by Gasteiger charge is -2.34. The monoisotopic (exact) mass is 549 g/mol. The largest absolute Gasteiger partial charge is 0.469 e. The van der Waals surface area contributed by atoms with Gasteiger partial charge in [-0.2, -0.15) is 0 Å². The van der Waals surface area contributed by atoms with Crippen molar-refractivity contribution in [3.63, 3.8) is 0 Å². The number of carbonyl (C=O) groups is 1. The number of carbonyl (C=O) groups excluding carboxylic acids is 1. The summed E-state index contributed by atoms with van der Waals surface area (Å²) in [6.45, 7) is 5.16. The van der Waals surface area contributed by atoms with Gasteiger partial charge in [0.1, 0.15) is 5.69 Å². The van der Waals surface area contributed by atoms with Gasteiger partial charge in [0, 0.05) is 56.3 Å². The highest BCUT2D eigenvalue weighted by Gasteiger charge is 2.24. The molecule has 1 fully saturated rings. The second-order valence-electron chi connectivity index (χ2n) is 10.1. The molecule has 206 valence electrons. The van der Waals surface area contributed by atoms with Gasteiger partial charge in [-0.05, 0) is 55.8 Å². The minimum absolute atomic E-state index is 0.238. The lowest BCUT2D eigenvalue weighted by molar-refractivity contribution is -0.139. The number of aromatic nitrogens is 2. The minimum Gasteiger partial charge on any atom is -0.469 e. The molecule has 5 rings (SSSR count). The van der Waals surface area contributed by atoms with Crippen LogP contribution in [0.3, 0.4) is 0 Å². The Bertz CT molecular complexity index is 1480. The number of hydrogen-bond donors (Lipinski definition) is 0. The van der Waals surface area contributed by atoms with Crippen LogP contribution in [-0.4, -0.2) is 66.4 Å². The van der Waals surface area contributed by atoms with E-state index in [1.54, 1.807) is 25.0 Å². The number of esters is 1. The van der Waals surface area contributed by atoms with Gasteiger partial charge in [0.15, 0.2) is 0 Å². The molecule has 39 heavy (non-hydrogen) atoms. The van der Waals surface area contributed by atoms with Crippen molar-refractivity contribution in [1.29, 1.82) is 0 Å². The van der Waals surface area contributed by atoms with Crippen molar-refractivity contribution in [2.24, 2.45) is 14.1 Å². The highest BCUT2D eigenvalue weighted by molar-refractivity contribution is 7.99. The van der Waals surface area contributed by atoms with E-state index < -0.39 is 0 Å². The molecule has 0 amide bonds. The lowest BCUT2D eigenvalue weighted by atomic mass is 10.1. The molecule has 2 aromatic carbocycles. The Morgan fingerprint density at radius 3 is 2.54 bits per heavy atom. The van der Waals surface area contributed by atoms with Crippen molar-refractivity contribution < 1.29 is 9.53 Å². The molecule has 3 heterocycles. The Kier molecular flexibility index (Phi) is 8.13. The Balaban J connectivity index is 1.27. The summed E-state index contributed by atoms with van der Waals surface area (Å²) in [5.41, 5.74) is 3.31. The second kappa shape index (κ2) is 11.7. The summed E-state index contributed by atoms with van der Waals surface area (Å²) < 4.78 is 7.54. The standard InChI is InChI=1S/C29H35N5O4S/c1-30-20-24(28(36)31(2)29(30)37)33-14-6-12-32(16-17-33)13-7-15-34-22-8-4-5-9-25(22)39-26-11-10-21(18-23(26)34)19-27(35)38-3/h4-5,8-11,18,20H,6-7,12-17,19H2,1-3H3. The van der Waals surface area contributed by atoms with E-state index in [0.29, 0.717) is 5.69 Å². The maximum Gasteiger partial charge on any atom is 0.330 e. The fourth-order valence-electron chi connectivity index (χ4n) is 5.36. The van der Waals surface area contributed by atoms with Crippen LogP contribution in [0.1, 0.15) is 18.4 Å². The van der Waals surface area contributed by atoms with Crippen LogP contribution in [-0.2, 0) is 30.0 Å². The quantitative estimate of drug-likeness (QED) is 0.416. The fraction of sp³-hybridized carbons (Fsp3) is 0.414. The van der Waals surface area contributed by atoms with Gasteiger partial charge >= 0.3 is 11.7 Å². The highest BCUT2D eigenvalue weighted by atomic mass is 32.2. The van der Waals surface area contributed by atoms with E-state index in [0.717, 1.165) is 63.4 Å². The van der Waals surface area contributed by atoms with Crippen molar-refractivity contribution in [3.05, 3.63) is 75.1 Å². The average Bonchev–Trinajstić information content (AvgIpc) is 3.19. The maximum absolute atomic E-state index is 12.7. The Morgan fingerprint density at radius 1 is 0.923 bits per heavy atom. The number of rotatable bonds is 7. The summed E-state index contributed by atoms with van der Waals surface area (Å²) in [6, 6.07) is 14.7. The first-order valence-corrected chi connectivity index (χ1v) is 14.2. The number of methoxy groups -OCH3 is 1. The van der Waals surface area contributed by atoms with Gasteiger partial charge in [-0.3, -0.25) is 14.2 Å². The van der Waals surface area contributed by atoms with Crippen LogP contribution < -0.4 is 21.0 Å². The first-order valence-electron chi connectivity index (χ1n) is 13.3. The zero-order valence-electron chi connectivity index (χ0n) is 22.8. The summed E-state index contributed by atoms with van der Waals surface area (Å²) in [4.78, 5) is 46.1. The third kappa shape index (κ3) is 5.77. The molecule has 0 N–H and O–H groups in total. The molecule has 9 nitrogen and oxygen atoms in total. The van der Waals surface area contributed by atoms with Gasteiger partial charge < -0.3 is 24.0 Å². The third-order valence-electron chi connectivity index (χ3n) is 7.48. The summed E-state index contributed by atoms with van der Waals surface area (Å²) in [5, 5.41) is 0. The molecule has 10 heteroatoms. The van der Waals surface area contributed by atoms with Gasteiger partial charge in [-0.25, -0.2) is 4.79 Å². The molecule has 3 aromatic rings. The predicted molar refractivity (Wildman–Crippen MR) is 155 cm³/mol. The SMILES string of the molecule is COC(=O)Cc1ccc2c(c1)N(CCCN1CCCN(c3cn(C)c(=O)n(C)c3=O)CC1)c1ccccc1S2. The van der Waals surface area contributed by atoms with Crippen molar-refractivity contribution in [1.82, 2.24) is 14.0 Å². The number of fused-ring (bicyclic) bond motifs is 2. The van der Waals surface area contributed by atoms with Gasteiger partial charge in [0.25, 0.3) is 5.56 Å². The maximum atomic E-state index is 12.7. The molecule has 0 radical (unpaired) electrons. The second-order valence-corrected chi connectivity index (χ2v) is 11.2. The van der Waals surface area contributed by atoms with E-state index in [9.17, 15) is 14.4 Å². The van der Waals surface area contributed by atoms with E-state index in [4.69, 9.17) is 4.74 Å². The van der Waals surface area contributed by atoms with E-state index in [1.165, 1.54) is 38.8 Å². The molecular formula is C29H35N5O4S. The van der Waals surface area contributed by atoms with Crippen LogP contribution in [0, 0.1) is 0 Å². The van der Waals surface area contributed by atoms with E-state index in [-0.39, 0.29) is 23.6 Å². The molecule has 2 aliphatic heterocycles. The van der Waals surface area contributed by atoms with Crippen LogP contribution >= 0.6 is 11.8 Å². The molecule has 0 aliphatic carbocycles. The first kappa shape index (κ1) is 27.1. The molecular weight excluding hydrogens is 514 g/mol. The molecule has 1 saturated heterocycles. The van der Waals surface area contributed by atoms with Crippen molar-refractivity contribution >= 4 is 34.8 Å². The first-order chi connectivity index (χ1) is 18.9. The van der Waals surface area contributed by atoms with Crippen molar-refractivity contribution in [2.45, 2.75) is 29.1 Å². The summed E-state index contributed by atoms with van der Waals surface area (Å²) >= 11 is 1.76. The molecule has 0 bridgehead atoms. The van der Waals surface area contributed by atoms with Crippen molar-refractivity contribution in [2.75, 3.05) is 56.2 Å². The average molecular weight is 550 g/mol. The van der Waals surface area contributed by atoms with Crippen LogP contribution in [0.2, 0.25) is 0 Å². The number of nitrogens with zero attached hydrogens (tertiary/aromatic N) is 5. The molecule has 1 aromatic heterocycles. The van der Waals surface area contributed by atoms with E-state index in [1.807, 2.05) is 6.07 Å². The molecule has 0 atom stereocenters. The summed E-state index contributed by atoms with van der Waals surface area (Å²) in [6.07, 6.45) is 3.85. The van der Waals surface area contributed by atoms with Crippen molar-refractivity contribution in [3.8, 4) is 0 Å². The minimum atomic E-state index is -0.308. The topological polar surface area (TPSA) is 80.0 Å². The molecule has 0 unspecified atom stereocenters. The summed E-state index contributed by atoms with van der Waals surface area (Å²) in [5.74, 6) is -0.240. The number of ether oxygens (including phenoxy) is 1. The number of hydrogen-bond acceptors (Lipinski definition) is 8. The molecule has 0 saturated carbocycles. The smallest absolute Gasteiger partial charge is 0.330 e. The third-order valence-corrected chi connectivity index (χ3v) is 8.61. The van der Waals surface area contributed by atoms with Crippen LogP contribution in [0.25, 0.3) is 0 Å². The van der Waals surface area contributed by atoms with Gasteiger partial charge in [-0.1, -0.05) is 30.0 Å². The zero-order valence-corrected chi connectivity index (χ0v) is 23.6. The molecule has 2 aliphatic rings. The molecule has 0 spiro atoms. The number of para-hydroxylation sites is 1. The normalized spacial score (nSPS) is 15.5. The lowest BCUT2D eigenvalue weighted by Crippen LogP contribution is -2.42. The van der Waals surface area contributed by atoms with Crippen LogP contribution in [0.4, 0.5) is 17.1 Å². The zero-order chi connectivity index (χ0) is 27.5. The Labute approximate surface area is 232 Å². The van der Waals surface area contributed by atoms with Crippen LogP contribution in [0.15, 0.2) is 68.0 Å². The predicted octanol–water partition coefficient (Wildman–Crippen LogP) is 3.00. The van der Waals surface area contributed by atoms with Gasteiger partial charge in [0.2, 0.25) is 0 Å². The van der Waals surface area contributed by atoms with Gasteiger partial charge in [-0.15, -0.1) is 0 Å². The summed E-state index contributed by atoms with van der Waals surface area (Å²) in [7, 11) is 4.64. The number of anilines is 3. The van der Waals surface area contributed by atoms with E-state index >= 15 is 0 Å². The number of aryl methyl sites for hydroxylation is 1. The van der Waals surface area contributed by atoms with Crippen LogP contribution in [0.5, 0.6) is 0 Å². The number of benzene rings is 2. The highest BCUT2D eigenvalue weighted by Crippen LogP contribution is 2.48. The van der Waals surface area contributed by atoms with E-state index in [2.05, 4.69) is 51.1 Å². The Morgan fingerprint density at radius 2 is 1.72 bits per heavy atom. The fourth-order valence-corrected chi connectivity index (χ4v) is 6.43. The van der Waals surface area contributed by atoms with Gasteiger partial charge in [0.05, 0.1) is 24.9 Å². The Hall–Kier alpha value is -3.50.